The maximum Gasteiger partial charge on any atom is 0.123 e. The zero-order valence-electron chi connectivity index (χ0n) is 15.4. The zero-order valence-corrected chi connectivity index (χ0v) is 15.4. The number of ether oxygens (including phenoxy) is 2. The average Bonchev–Trinajstić information content (AvgIpc) is 3.18. The van der Waals surface area contributed by atoms with Crippen LogP contribution in [0.4, 0.5) is 4.39 Å². The fourth-order valence-electron chi connectivity index (χ4n) is 3.91. The summed E-state index contributed by atoms with van der Waals surface area (Å²) in [4.78, 5) is 0. The lowest BCUT2D eigenvalue weighted by molar-refractivity contribution is 0.0569. The monoisotopic (exact) mass is 369 g/mol. The van der Waals surface area contributed by atoms with E-state index in [4.69, 9.17) is 9.47 Å². The third kappa shape index (κ3) is 3.68. The topological polar surface area (TPSA) is 59.2 Å². The number of rotatable bonds is 6. The number of nitrogens with one attached hydrogen (secondary N) is 2. The summed E-state index contributed by atoms with van der Waals surface area (Å²) in [7, 11) is 1.66. The minimum Gasteiger partial charge on any atom is -0.497 e. The van der Waals surface area contributed by atoms with Crippen molar-refractivity contribution < 1.29 is 13.9 Å². The van der Waals surface area contributed by atoms with E-state index in [-0.39, 0.29) is 11.2 Å². The van der Waals surface area contributed by atoms with Gasteiger partial charge in [-0.3, -0.25) is 5.10 Å². The summed E-state index contributed by atoms with van der Waals surface area (Å²) in [6.07, 6.45) is 3.72. The number of hydrogen-bond donors (Lipinski definition) is 2. The number of H-pyrrole nitrogens is 1. The number of aromatic nitrogens is 2. The molecular weight excluding hydrogens is 345 g/mol. The van der Waals surface area contributed by atoms with Gasteiger partial charge in [-0.2, -0.15) is 5.10 Å². The van der Waals surface area contributed by atoms with Crippen LogP contribution >= 0.6 is 0 Å². The number of nitrogens with zero attached hydrogens (tertiary/aromatic N) is 1. The Balaban J connectivity index is 1.54. The summed E-state index contributed by atoms with van der Waals surface area (Å²) in [5.41, 5.74) is 3.04. The summed E-state index contributed by atoms with van der Waals surface area (Å²) < 4.78 is 25.0. The molecule has 2 heterocycles. The van der Waals surface area contributed by atoms with Gasteiger partial charge in [0.05, 0.1) is 32.0 Å². The molecule has 1 aliphatic heterocycles. The summed E-state index contributed by atoms with van der Waals surface area (Å²) in [5, 5.41) is 11.6. The molecule has 6 heteroatoms. The molecule has 5 nitrogen and oxygen atoms in total. The predicted molar refractivity (Wildman–Crippen MR) is 102 cm³/mol. The molecule has 27 heavy (non-hydrogen) atoms. The number of halogens is 1. The van der Waals surface area contributed by atoms with Crippen LogP contribution in [-0.2, 0) is 16.8 Å². The molecule has 0 amide bonds. The summed E-state index contributed by atoms with van der Waals surface area (Å²) in [6, 6.07) is 10.8. The van der Waals surface area contributed by atoms with Crippen molar-refractivity contribution in [2.24, 2.45) is 0 Å². The van der Waals surface area contributed by atoms with E-state index in [1.54, 1.807) is 13.3 Å². The third-order valence-corrected chi connectivity index (χ3v) is 5.49. The molecule has 1 saturated heterocycles. The van der Waals surface area contributed by atoms with Crippen molar-refractivity contribution in [3.05, 3.63) is 59.5 Å². The maximum absolute atomic E-state index is 13.4. The lowest BCUT2D eigenvalue weighted by atomic mass is 9.74. The van der Waals surface area contributed by atoms with Crippen molar-refractivity contribution in [3.8, 4) is 5.75 Å². The van der Waals surface area contributed by atoms with Crippen molar-refractivity contribution in [1.82, 2.24) is 15.5 Å². The summed E-state index contributed by atoms with van der Waals surface area (Å²) in [6.45, 7) is 2.93. The van der Waals surface area contributed by atoms with Gasteiger partial charge < -0.3 is 14.8 Å². The number of piperidine rings is 1. The molecule has 0 aliphatic carbocycles. The van der Waals surface area contributed by atoms with Crippen molar-refractivity contribution >= 4 is 10.9 Å². The molecule has 2 aromatic carbocycles. The van der Waals surface area contributed by atoms with Crippen LogP contribution in [0.5, 0.6) is 5.75 Å². The molecule has 0 spiro atoms. The Labute approximate surface area is 157 Å². The first kappa shape index (κ1) is 17.9. The molecule has 1 aromatic heterocycles. The lowest BCUT2D eigenvalue weighted by Gasteiger charge is -2.38. The minimum absolute atomic E-state index is 0.0923. The quantitative estimate of drug-likeness (QED) is 0.698. The van der Waals surface area contributed by atoms with Crippen LogP contribution in [0.1, 0.15) is 24.0 Å². The molecule has 0 unspecified atom stereocenters. The smallest absolute Gasteiger partial charge is 0.123 e. The van der Waals surface area contributed by atoms with Gasteiger partial charge in [0.25, 0.3) is 0 Å². The van der Waals surface area contributed by atoms with Crippen LogP contribution in [0.2, 0.25) is 0 Å². The van der Waals surface area contributed by atoms with Gasteiger partial charge in [-0.1, -0.05) is 12.1 Å². The molecule has 1 aliphatic rings. The Morgan fingerprint density at radius 2 is 1.93 bits per heavy atom. The van der Waals surface area contributed by atoms with E-state index in [0.29, 0.717) is 13.2 Å². The van der Waals surface area contributed by atoms with Crippen LogP contribution in [0.15, 0.2) is 42.6 Å². The minimum atomic E-state index is -0.207. The second-order valence-corrected chi connectivity index (χ2v) is 7.15. The molecule has 0 bridgehead atoms. The SMILES string of the molecule is COc1cc(COCC2(c3ccc(F)cc3)CCNCC2)c2[nH]ncc2c1. The molecule has 3 aromatic rings. The molecule has 2 N–H and O–H groups in total. The fourth-order valence-corrected chi connectivity index (χ4v) is 3.91. The molecule has 0 saturated carbocycles. The Kier molecular flexibility index (Phi) is 5.09. The van der Waals surface area contributed by atoms with Gasteiger partial charge in [0.15, 0.2) is 0 Å². The van der Waals surface area contributed by atoms with Gasteiger partial charge in [-0.05, 0) is 55.8 Å². The predicted octanol–water partition coefficient (Wildman–Crippen LogP) is 3.55. The number of benzene rings is 2. The third-order valence-electron chi connectivity index (χ3n) is 5.49. The molecule has 1 fully saturated rings. The Morgan fingerprint density at radius 3 is 2.67 bits per heavy atom. The van der Waals surface area contributed by atoms with Gasteiger partial charge in [0, 0.05) is 16.4 Å². The second kappa shape index (κ2) is 7.66. The standard InChI is InChI=1S/C21H24FN3O2/c1-26-19-10-15-12-24-25-20(15)16(11-19)13-27-14-21(6-8-23-9-7-21)17-2-4-18(22)5-3-17/h2-5,10-12,23H,6-9,13-14H2,1H3,(H,24,25). The van der Waals surface area contributed by atoms with Crippen LogP contribution in [-0.4, -0.2) is 37.0 Å². The second-order valence-electron chi connectivity index (χ2n) is 7.15. The Morgan fingerprint density at radius 1 is 1.15 bits per heavy atom. The number of fused-ring (bicyclic) bond motifs is 1. The van der Waals surface area contributed by atoms with E-state index in [0.717, 1.165) is 53.7 Å². The van der Waals surface area contributed by atoms with E-state index < -0.39 is 0 Å². The largest absolute Gasteiger partial charge is 0.497 e. The van der Waals surface area contributed by atoms with E-state index in [9.17, 15) is 4.39 Å². The zero-order chi connectivity index (χ0) is 18.7. The van der Waals surface area contributed by atoms with Crippen molar-refractivity contribution in [2.75, 3.05) is 26.8 Å². The number of methoxy groups -OCH3 is 1. The molecule has 0 radical (unpaired) electrons. The van der Waals surface area contributed by atoms with Gasteiger partial charge in [0.1, 0.15) is 11.6 Å². The molecule has 4 rings (SSSR count). The van der Waals surface area contributed by atoms with Gasteiger partial charge in [-0.25, -0.2) is 4.39 Å². The highest BCUT2D eigenvalue weighted by molar-refractivity contribution is 5.82. The van der Waals surface area contributed by atoms with Crippen LogP contribution in [0.25, 0.3) is 10.9 Å². The Hall–Kier alpha value is -2.44. The van der Waals surface area contributed by atoms with E-state index in [1.807, 2.05) is 24.3 Å². The van der Waals surface area contributed by atoms with E-state index in [2.05, 4.69) is 15.5 Å². The lowest BCUT2D eigenvalue weighted by Crippen LogP contribution is -2.43. The van der Waals surface area contributed by atoms with Gasteiger partial charge in [0.2, 0.25) is 0 Å². The first-order chi connectivity index (χ1) is 13.2. The summed E-state index contributed by atoms with van der Waals surface area (Å²) in [5.74, 6) is 0.583. The van der Waals surface area contributed by atoms with Crippen LogP contribution < -0.4 is 10.1 Å². The highest BCUT2D eigenvalue weighted by Crippen LogP contribution is 2.34. The fraction of sp³-hybridized carbons (Fsp3) is 0.381. The van der Waals surface area contributed by atoms with Gasteiger partial charge in [-0.15, -0.1) is 0 Å². The first-order valence-corrected chi connectivity index (χ1v) is 9.25. The van der Waals surface area contributed by atoms with E-state index >= 15 is 0 Å². The molecular formula is C21H24FN3O2. The van der Waals surface area contributed by atoms with Crippen molar-refractivity contribution in [2.45, 2.75) is 24.9 Å². The first-order valence-electron chi connectivity index (χ1n) is 9.25. The highest BCUT2D eigenvalue weighted by atomic mass is 19.1. The Bertz CT molecular complexity index is 901. The molecule has 142 valence electrons. The average molecular weight is 369 g/mol. The normalized spacial score (nSPS) is 16.5. The van der Waals surface area contributed by atoms with Crippen molar-refractivity contribution in [1.29, 1.82) is 0 Å². The number of aromatic amines is 1. The summed E-state index contributed by atoms with van der Waals surface area (Å²) >= 11 is 0. The van der Waals surface area contributed by atoms with E-state index in [1.165, 1.54) is 12.1 Å². The molecule has 0 atom stereocenters. The number of hydrogen-bond acceptors (Lipinski definition) is 4. The van der Waals surface area contributed by atoms with Crippen molar-refractivity contribution in [3.63, 3.8) is 0 Å². The highest BCUT2D eigenvalue weighted by Gasteiger charge is 2.34. The van der Waals surface area contributed by atoms with Gasteiger partial charge >= 0.3 is 0 Å². The van der Waals surface area contributed by atoms with Crippen LogP contribution in [0, 0.1) is 5.82 Å². The maximum atomic E-state index is 13.4. The van der Waals surface area contributed by atoms with Crippen LogP contribution in [0.3, 0.4) is 0 Å².